The second kappa shape index (κ2) is 6.29. The molecule has 2 rings (SSSR count). The normalized spacial score (nSPS) is 32.4. The van der Waals surface area contributed by atoms with Gasteiger partial charge >= 0.3 is 0 Å². The van der Waals surface area contributed by atoms with Crippen molar-refractivity contribution in [2.45, 2.75) is 44.3 Å². The van der Waals surface area contributed by atoms with Gasteiger partial charge in [-0.2, -0.15) is 0 Å². The van der Waals surface area contributed by atoms with Crippen LogP contribution in [0.3, 0.4) is 0 Å². The van der Waals surface area contributed by atoms with E-state index in [1.165, 1.54) is 19.3 Å². The lowest BCUT2D eigenvalue weighted by atomic mass is 9.97. The maximum absolute atomic E-state index is 12.7. The van der Waals surface area contributed by atoms with Crippen LogP contribution in [0, 0.1) is 5.92 Å². The first-order chi connectivity index (χ1) is 8.65. The highest BCUT2D eigenvalue weighted by molar-refractivity contribution is 8.01. The number of nitrogens with zero attached hydrogens (tertiary/aromatic N) is 1. The van der Waals surface area contributed by atoms with E-state index >= 15 is 0 Å². The summed E-state index contributed by atoms with van der Waals surface area (Å²) in [7, 11) is 0. The zero-order chi connectivity index (χ0) is 13.0. The Balaban J connectivity index is 1.92. The van der Waals surface area contributed by atoms with E-state index in [1.54, 1.807) is 0 Å². The third-order valence-corrected chi connectivity index (χ3v) is 5.73. The molecule has 2 heterocycles. The van der Waals surface area contributed by atoms with Crippen LogP contribution in [0.5, 0.6) is 0 Å². The van der Waals surface area contributed by atoms with Gasteiger partial charge in [-0.1, -0.05) is 0 Å². The number of carbonyl (C=O) groups excluding carboxylic acids is 1. The first-order valence-corrected chi connectivity index (χ1v) is 8.28. The minimum absolute atomic E-state index is 0.141. The largest absolute Gasteiger partial charge is 0.341 e. The molecule has 104 valence electrons. The van der Waals surface area contributed by atoms with Gasteiger partial charge in [-0.15, -0.1) is 11.8 Å². The molecule has 1 amide bonds. The van der Waals surface area contributed by atoms with Crippen molar-refractivity contribution in [3.8, 4) is 0 Å². The van der Waals surface area contributed by atoms with Crippen LogP contribution < -0.4 is 5.32 Å². The molecule has 0 aromatic heterocycles. The second-order valence-corrected chi connectivity index (χ2v) is 7.34. The van der Waals surface area contributed by atoms with E-state index in [4.69, 9.17) is 0 Å². The SMILES string of the molecule is CCN(CC1CCCNC1)C(=O)C1(C)CCCS1. The number of hydrogen-bond donors (Lipinski definition) is 1. The van der Waals surface area contributed by atoms with Gasteiger partial charge in [0, 0.05) is 13.1 Å². The van der Waals surface area contributed by atoms with Gasteiger partial charge in [-0.3, -0.25) is 4.79 Å². The number of rotatable bonds is 4. The third-order valence-electron chi connectivity index (χ3n) is 4.22. The van der Waals surface area contributed by atoms with Crippen molar-refractivity contribution in [2.24, 2.45) is 5.92 Å². The van der Waals surface area contributed by atoms with Crippen LogP contribution in [0.2, 0.25) is 0 Å². The van der Waals surface area contributed by atoms with Crippen LogP contribution in [0.25, 0.3) is 0 Å². The smallest absolute Gasteiger partial charge is 0.238 e. The van der Waals surface area contributed by atoms with E-state index in [1.807, 2.05) is 11.8 Å². The average Bonchev–Trinajstić information content (AvgIpc) is 2.84. The maximum Gasteiger partial charge on any atom is 0.238 e. The second-order valence-electron chi connectivity index (χ2n) is 5.74. The highest BCUT2D eigenvalue weighted by atomic mass is 32.2. The Morgan fingerprint density at radius 1 is 1.50 bits per heavy atom. The molecule has 3 nitrogen and oxygen atoms in total. The van der Waals surface area contributed by atoms with Gasteiger partial charge in [0.1, 0.15) is 0 Å². The van der Waals surface area contributed by atoms with Gasteiger partial charge in [0.25, 0.3) is 0 Å². The predicted molar refractivity (Wildman–Crippen MR) is 77.9 cm³/mol. The summed E-state index contributed by atoms with van der Waals surface area (Å²) in [5.74, 6) is 2.17. The number of amides is 1. The molecule has 2 aliphatic rings. The van der Waals surface area contributed by atoms with Crippen molar-refractivity contribution in [1.82, 2.24) is 10.2 Å². The van der Waals surface area contributed by atoms with Crippen LogP contribution >= 0.6 is 11.8 Å². The van der Waals surface area contributed by atoms with Crippen LogP contribution in [-0.2, 0) is 4.79 Å². The van der Waals surface area contributed by atoms with E-state index in [0.29, 0.717) is 11.8 Å². The molecule has 0 aromatic carbocycles. The lowest BCUT2D eigenvalue weighted by molar-refractivity contribution is -0.134. The van der Waals surface area contributed by atoms with E-state index in [-0.39, 0.29) is 4.75 Å². The Kier molecular flexibility index (Phi) is 4.96. The van der Waals surface area contributed by atoms with Crippen LogP contribution in [-0.4, -0.2) is 47.5 Å². The first kappa shape index (κ1) is 14.2. The molecule has 1 N–H and O–H groups in total. The summed E-state index contributed by atoms with van der Waals surface area (Å²) in [5, 5.41) is 3.44. The zero-order valence-corrected chi connectivity index (χ0v) is 12.5. The van der Waals surface area contributed by atoms with Crippen molar-refractivity contribution >= 4 is 17.7 Å². The summed E-state index contributed by atoms with van der Waals surface area (Å²) in [6.45, 7) is 8.26. The first-order valence-electron chi connectivity index (χ1n) is 7.30. The average molecular weight is 270 g/mol. The number of thioether (sulfide) groups is 1. The van der Waals surface area contributed by atoms with E-state index in [0.717, 1.165) is 38.4 Å². The fraction of sp³-hybridized carbons (Fsp3) is 0.929. The zero-order valence-electron chi connectivity index (χ0n) is 11.7. The Morgan fingerprint density at radius 3 is 2.89 bits per heavy atom. The van der Waals surface area contributed by atoms with Crippen LogP contribution in [0.15, 0.2) is 0 Å². The van der Waals surface area contributed by atoms with Crippen molar-refractivity contribution in [1.29, 1.82) is 0 Å². The fourth-order valence-corrected chi connectivity index (χ4v) is 4.31. The Morgan fingerprint density at radius 2 is 2.33 bits per heavy atom. The Hall–Kier alpha value is -0.220. The molecular weight excluding hydrogens is 244 g/mol. The van der Waals surface area contributed by atoms with E-state index in [9.17, 15) is 4.79 Å². The molecule has 0 spiro atoms. The molecule has 0 bridgehead atoms. The topological polar surface area (TPSA) is 32.3 Å². The Labute approximate surface area is 115 Å². The van der Waals surface area contributed by atoms with Gasteiger partial charge < -0.3 is 10.2 Å². The molecule has 18 heavy (non-hydrogen) atoms. The lowest BCUT2D eigenvalue weighted by Crippen LogP contribution is -2.47. The molecule has 0 radical (unpaired) electrons. The van der Waals surface area contributed by atoms with Gasteiger partial charge in [-0.05, 0) is 64.3 Å². The Bertz CT molecular complexity index is 284. The fourth-order valence-electron chi connectivity index (χ4n) is 3.03. The highest BCUT2D eigenvalue weighted by Crippen LogP contribution is 2.39. The quantitative estimate of drug-likeness (QED) is 0.849. The maximum atomic E-state index is 12.7. The molecule has 2 atom stereocenters. The molecular formula is C14H26N2OS. The van der Waals surface area contributed by atoms with Crippen molar-refractivity contribution in [2.75, 3.05) is 31.9 Å². The van der Waals surface area contributed by atoms with Crippen LogP contribution in [0.1, 0.15) is 39.5 Å². The molecule has 0 aliphatic carbocycles. The van der Waals surface area contributed by atoms with Gasteiger partial charge in [0.15, 0.2) is 0 Å². The number of piperidine rings is 1. The van der Waals surface area contributed by atoms with Crippen molar-refractivity contribution in [3.05, 3.63) is 0 Å². The number of nitrogens with one attached hydrogen (secondary N) is 1. The molecule has 4 heteroatoms. The molecule has 2 saturated heterocycles. The summed E-state index contributed by atoms with van der Waals surface area (Å²) in [4.78, 5) is 14.7. The molecule has 0 saturated carbocycles. The minimum atomic E-state index is -0.141. The standard InChI is InChI=1S/C14H26N2OS/c1-3-16(11-12-6-4-8-15-10-12)13(17)14(2)7-5-9-18-14/h12,15H,3-11H2,1-2H3. The summed E-state index contributed by atoms with van der Waals surface area (Å²) in [5.41, 5.74) is 0. The van der Waals surface area contributed by atoms with Crippen molar-refractivity contribution in [3.63, 3.8) is 0 Å². The number of carbonyl (C=O) groups is 1. The van der Waals surface area contributed by atoms with Crippen molar-refractivity contribution < 1.29 is 4.79 Å². The summed E-state index contributed by atoms with van der Waals surface area (Å²) in [6.07, 6.45) is 4.76. The summed E-state index contributed by atoms with van der Waals surface area (Å²) < 4.78 is -0.141. The van der Waals surface area contributed by atoms with E-state index < -0.39 is 0 Å². The molecule has 2 aliphatic heterocycles. The van der Waals surface area contributed by atoms with Gasteiger partial charge in [-0.25, -0.2) is 0 Å². The number of hydrogen-bond acceptors (Lipinski definition) is 3. The lowest BCUT2D eigenvalue weighted by Gasteiger charge is -2.34. The van der Waals surface area contributed by atoms with Gasteiger partial charge in [0.2, 0.25) is 5.91 Å². The van der Waals surface area contributed by atoms with Gasteiger partial charge in [0.05, 0.1) is 4.75 Å². The minimum Gasteiger partial charge on any atom is -0.341 e. The highest BCUT2D eigenvalue weighted by Gasteiger charge is 2.40. The molecule has 2 fully saturated rings. The predicted octanol–water partition coefficient (Wildman–Crippen LogP) is 2.12. The molecule has 2 unspecified atom stereocenters. The third kappa shape index (κ3) is 3.21. The summed E-state index contributed by atoms with van der Waals surface area (Å²) in [6, 6.07) is 0. The monoisotopic (exact) mass is 270 g/mol. The van der Waals surface area contributed by atoms with Crippen LogP contribution in [0.4, 0.5) is 0 Å². The molecule has 0 aromatic rings. The summed E-state index contributed by atoms with van der Waals surface area (Å²) >= 11 is 1.85. The van der Waals surface area contributed by atoms with E-state index in [2.05, 4.69) is 24.1 Å².